The van der Waals surface area contributed by atoms with Crippen molar-refractivity contribution in [1.29, 1.82) is 0 Å². The molecule has 27 heavy (non-hydrogen) atoms. The Bertz CT molecular complexity index is 948. The fourth-order valence-corrected chi connectivity index (χ4v) is 5.07. The fraction of sp³-hybridized carbons (Fsp3) is 0.316. The Morgan fingerprint density at radius 2 is 1.89 bits per heavy atom. The minimum atomic E-state index is -3.91. The lowest BCUT2D eigenvalue weighted by molar-refractivity contribution is -0.120. The summed E-state index contributed by atoms with van der Waals surface area (Å²) in [6.45, 7) is 2.12. The van der Waals surface area contributed by atoms with Crippen LogP contribution >= 0.6 is 11.6 Å². The van der Waals surface area contributed by atoms with Gasteiger partial charge in [-0.15, -0.1) is 0 Å². The summed E-state index contributed by atoms with van der Waals surface area (Å²) >= 11 is 6.17. The molecule has 1 N–H and O–H groups in total. The van der Waals surface area contributed by atoms with Crippen molar-refractivity contribution < 1.29 is 17.6 Å². The van der Waals surface area contributed by atoms with E-state index in [0.717, 1.165) is 24.1 Å². The molecule has 1 saturated heterocycles. The van der Waals surface area contributed by atoms with E-state index in [1.165, 1.54) is 16.4 Å². The van der Waals surface area contributed by atoms with Gasteiger partial charge in [-0.3, -0.25) is 4.79 Å². The molecule has 2 aromatic carbocycles. The van der Waals surface area contributed by atoms with E-state index in [1.54, 1.807) is 12.1 Å². The SMILES string of the molecule is Cc1ccc(NC(=O)C2CCCCN2S(=O)(=O)c2ccc(F)cc2)c(Cl)c1. The lowest BCUT2D eigenvalue weighted by Gasteiger charge is -2.33. The first-order valence-corrected chi connectivity index (χ1v) is 10.5. The van der Waals surface area contributed by atoms with Gasteiger partial charge in [0.15, 0.2) is 0 Å². The average molecular weight is 411 g/mol. The van der Waals surface area contributed by atoms with E-state index in [4.69, 9.17) is 11.6 Å². The highest BCUT2D eigenvalue weighted by Crippen LogP contribution is 2.28. The van der Waals surface area contributed by atoms with Crippen LogP contribution in [-0.2, 0) is 14.8 Å². The number of benzene rings is 2. The molecule has 1 aliphatic rings. The number of halogens is 2. The standard InChI is InChI=1S/C19H20ClFN2O3S/c1-13-5-10-17(16(20)12-13)22-19(24)18-4-2-3-11-23(18)27(25,26)15-8-6-14(21)7-9-15/h5-10,12,18H,2-4,11H2,1H3,(H,22,24). The molecular weight excluding hydrogens is 391 g/mol. The molecular formula is C19H20ClFN2O3S. The third kappa shape index (κ3) is 4.31. The number of anilines is 1. The first kappa shape index (κ1) is 19.8. The summed E-state index contributed by atoms with van der Waals surface area (Å²) in [6.07, 6.45) is 1.82. The average Bonchev–Trinajstić information content (AvgIpc) is 2.64. The summed E-state index contributed by atoms with van der Waals surface area (Å²) in [4.78, 5) is 12.8. The molecule has 3 rings (SSSR count). The number of aryl methyl sites for hydroxylation is 1. The molecule has 0 aliphatic carbocycles. The van der Waals surface area contributed by atoms with Crippen LogP contribution in [0.2, 0.25) is 5.02 Å². The van der Waals surface area contributed by atoms with E-state index in [9.17, 15) is 17.6 Å². The second-order valence-electron chi connectivity index (χ2n) is 6.55. The number of hydrogen-bond acceptors (Lipinski definition) is 3. The van der Waals surface area contributed by atoms with Crippen LogP contribution in [0.1, 0.15) is 24.8 Å². The van der Waals surface area contributed by atoms with Crippen molar-refractivity contribution in [2.75, 3.05) is 11.9 Å². The van der Waals surface area contributed by atoms with Gasteiger partial charge in [-0.05, 0) is 61.7 Å². The molecule has 2 aromatic rings. The summed E-state index contributed by atoms with van der Waals surface area (Å²) in [5.74, 6) is -0.943. The fourth-order valence-electron chi connectivity index (χ4n) is 3.13. The molecule has 0 radical (unpaired) electrons. The molecule has 5 nitrogen and oxygen atoms in total. The molecule has 1 fully saturated rings. The largest absolute Gasteiger partial charge is 0.323 e. The first-order chi connectivity index (χ1) is 12.8. The highest BCUT2D eigenvalue weighted by atomic mass is 35.5. The Balaban J connectivity index is 1.86. The van der Waals surface area contributed by atoms with Crippen LogP contribution < -0.4 is 5.32 Å². The van der Waals surface area contributed by atoms with Gasteiger partial charge < -0.3 is 5.32 Å². The highest BCUT2D eigenvalue weighted by Gasteiger charge is 2.37. The maximum Gasteiger partial charge on any atom is 0.243 e. The van der Waals surface area contributed by atoms with Crippen molar-refractivity contribution >= 4 is 33.2 Å². The van der Waals surface area contributed by atoms with Crippen molar-refractivity contribution in [2.24, 2.45) is 0 Å². The molecule has 1 amide bonds. The Hall–Kier alpha value is -1.96. The van der Waals surface area contributed by atoms with E-state index < -0.39 is 27.8 Å². The van der Waals surface area contributed by atoms with Gasteiger partial charge >= 0.3 is 0 Å². The van der Waals surface area contributed by atoms with E-state index in [2.05, 4.69) is 5.32 Å². The van der Waals surface area contributed by atoms with Gasteiger partial charge in [0.1, 0.15) is 11.9 Å². The molecule has 8 heteroatoms. The third-order valence-corrected chi connectivity index (χ3v) is 6.79. The van der Waals surface area contributed by atoms with Gasteiger partial charge in [-0.2, -0.15) is 4.31 Å². The van der Waals surface area contributed by atoms with Gasteiger partial charge in [-0.25, -0.2) is 12.8 Å². The summed E-state index contributed by atoms with van der Waals surface area (Å²) in [6, 6.07) is 9.01. The predicted molar refractivity (Wildman–Crippen MR) is 103 cm³/mol. The molecule has 0 spiro atoms. The molecule has 144 valence electrons. The lowest BCUT2D eigenvalue weighted by Crippen LogP contribution is -2.49. The Morgan fingerprint density at radius 3 is 2.56 bits per heavy atom. The number of carbonyl (C=O) groups is 1. The van der Waals surface area contributed by atoms with Crippen molar-refractivity contribution in [3.63, 3.8) is 0 Å². The number of hydrogen-bond donors (Lipinski definition) is 1. The van der Waals surface area contributed by atoms with Gasteiger partial charge in [-0.1, -0.05) is 24.1 Å². The van der Waals surface area contributed by atoms with Crippen LogP contribution in [0.4, 0.5) is 10.1 Å². The quantitative estimate of drug-likeness (QED) is 0.829. The summed E-state index contributed by atoms with van der Waals surface area (Å²) in [5.41, 5.74) is 1.40. The lowest BCUT2D eigenvalue weighted by atomic mass is 10.0. The summed E-state index contributed by atoms with van der Waals surface area (Å²) in [5, 5.41) is 3.13. The number of amides is 1. The van der Waals surface area contributed by atoms with Crippen molar-refractivity contribution in [2.45, 2.75) is 37.1 Å². The number of rotatable bonds is 4. The number of sulfonamides is 1. The zero-order valence-corrected chi connectivity index (χ0v) is 16.4. The van der Waals surface area contributed by atoms with Gasteiger partial charge in [0, 0.05) is 6.54 Å². The first-order valence-electron chi connectivity index (χ1n) is 8.63. The maximum atomic E-state index is 13.1. The smallest absolute Gasteiger partial charge is 0.243 e. The Morgan fingerprint density at radius 1 is 1.19 bits per heavy atom. The van der Waals surface area contributed by atoms with E-state index in [0.29, 0.717) is 23.6 Å². The second kappa shape index (κ2) is 7.96. The van der Waals surface area contributed by atoms with Gasteiger partial charge in [0.25, 0.3) is 0 Å². The monoisotopic (exact) mass is 410 g/mol. The van der Waals surface area contributed by atoms with Crippen LogP contribution in [-0.4, -0.2) is 31.2 Å². The molecule has 0 saturated carbocycles. The minimum Gasteiger partial charge on any atom is -0.323 e. The normalized spacial score (nSPS) is 18.3. The van der Waals surface area contributed by atoms with Crippen LogP contribution in [0.15, 0.2) is 47.4 Å². The summed E-state index contributed by atoms with van der Waals surface area (Å²) < 4.78 is 40.3. The van der Waals surface area contributed by atoms with Crippen LogP contribution in [0.3, 0.4) is 0 Å². The van der Waals surface area contributed by atoms with Crippen LogP contribution in [0, 0.1) is 12.7 Å². The molecule has 0 aromatic heterocycles. The minimum absolute atomic E-state index is 0.0306. The van der Waals surface area contributed by atoms with Crippen molar-refractivity contribution in [1.82, 2.24) is 4.31 Å². The maximum absolute atomic E-state index is 13.1. The van der Waals surface area contributed by atoms with Crippen LogP contribution in [0.25, 0.3) is 0 Å². The van der Waals surface area contributed by atoms with E-state index in [-0.39, 0.29) is 11.4 Å². The van der Waals surface area contributed by atoms with Crippen molar-refractivity contribution in [3.05, 3.63) is 58.9 Å². The number of carbonyl (C=O) groups excluding carboxylic acids is 1. The van der Waals surface area contributed by atoms with Crippen LogP contribution in [0.5, 0.6) is 0 Å². The van der Waals surface area contributed by atoms with E-state index in [1.807, 2.05) is 13.0 Å². The predicted octanol–water partition coefficient (Wildman–Crippen LogP) is 3.97. The highest BCUT2D eigenvalue weighted by molar-refractivity contribution is 7.89. The Kier molecular flexibility index (Phi) is 5.83. The number of nitrogens with zero attached hydrogens (tertiary/aromatic N) is 1. The zero-order valence-electron chi connectivity index (χ0n) is 14.8. The van der Waals surface area contributed by atoms with E-state index >= 15 is 0 Å². The topological polar surface area (TPSA) is 66.5 Å². The van der Waals surface area contributed by atoms with Gasteiger partial charge in [0.05, 0.1) is 15.6 Å². The number of nitrogens with one attached hydrogen (secondary N) is 1. The van der Waals surface area contributed by atoms with Crippen molar-refractivity contribution in [3.8, 4) is 0 Å². The Labute approximate surface area is 163 Å². The summed E-state index contributed by atoms with van der Waals surface area (Å²) in [7, 11) is -3.91. The zero-order chi connectivity index (χ0) is 19.6. The molecule has 1 atom stereocenters. The van der Waals surface area contributed by atoms with Gasteiger partial charge in [0.2, 0.25) is 15.9 Å². The third-order valence-electron chi connectivity index (χ3n) is 4.56. The second-order valence-corrected chi connectivity index (χ2v) is 8.85. The molecule has 0 bridgehead atoms. The molecule has 1 aliphatic heterocycles. The number of piperidine rings is 1. The molecule has 1 heterocycles. The molecule has 1 unspecified atom stereocenters.